The summed E-state index contributed by atoms with van der Waals surface area (Å²) in [6.07, 6.45) is 0. The van der Waals surface area contributed by atoms with Gasteiger partial charge < -0.3 is 15.2 Å². The first-order chi connectivity index (χ1) is 12.4. The number of carbonyl (C=O) groups excluding carboxylic acids is 1. The van der Waals surface area contributed by atoms with Crippen LogP contribution in [0.15, 0.2) is 45.2 Å². The van der Waals surface area contributed by atoms with Crippen LogP contribution in [0.1, 0.15) is 24.1 Å². The number of ether oxygens (including phenoxy) is 2. The van der Waals surface area contributed by atoms with Crippen LogP contribution in [0.5, 0.6) is 5.75 Å². The number of carbonyl (C=O) groups is 1. The number of hydrogen-bond donors (Lipinski definition) is 1. The first-order valence-electron chi connectivity index (χ1n) is 7.82. The van der Waals surface area contributed by atoms with Crippen molar-refractivity contribution in [3.8, 4) is 11.8 Å². The van der Waals surface area contributed by atoms with Crippen LogP contribution in [0.4, 0.5) is 0 Å². The molecular weight excluding hydrogens is 352 g/mol. The van der Waals surface area contributed by atoms with Crippen molar-refractivity contribution < 1.29 is 14.3 Å². The fourth-order valence-corrected chi connectivity index (χ4v) is 4.00. The number of rotatable bonds is 3. The fraction of sp³-hybridized carbons (Fsp3) is 0.278. The lowest BCUT2D eigenvalue weighted by atomic mass is 9.91. The van der Waals surface area contributed by atoms with Crippen molar-refractivity contribution in [2.75, 3.05) is 14.2 Å². The SMILES string of the molecule is COC(=O)C1=C(C)N=C2SC(C#N)=C(N)N2[C@@H]1c1ccc(OC)cc1C. The van der Waals surface area contributed by atoms with Gasteiger partial charge in [-0.2, -0.15) is 5.26 Å². The molecule has 0 fully saturated rings. The molecule has 3 rings (SSSR count). The van der Waals surface area contributed by atoms with Crippen LogP contribution >= 0.6 is 11.8 Å². The van der Waals surface area contributed by atoms with E-state index in [9.17, 15) is 10.1 Å². The maximum Gasteiger partial charge on any atom is 0.338 e. The summed E-state index contributed by atoms with van der Waals surface area (Å²) in [7, 11) is 2.93. The van der Waals surface area contributed by atoms with Crippen molar-refractivity contribution in [2.24, 2.45) is 10.7 Å². The van der Waals surface area contributed by atoms with E-state index in [1.807, 2.05) is 25.1 Å². The van der Waals surface area contributed by atoms with E-state index >= 15 is 0 Å². The number of nitrogens with two attached hydrogens (primary N) is 1. The molecule has 2 aliphatic heterocycles. The van der Waals surface area contributed by atoms with Crippen molar-refractivity contribution in [3.05, 3.63) is 51.3 Å². The zero-order valence-electron chi connectivity index (χ0n) is 14.9. The molecule has 1 aromatic carbocycles. The number of aliphatic imine (C=N–C) groups is 1. The van der Waals surface area contributed by atoms with Gasteiger partial charge in [0.15, 0.2) is 5.17 Å². The van der Waals surface area contributed by atoms with E-state index in [0.717, 1.165) is 11.1 Å². The molecule has 7 nitrogen and oxygen atoms in total. The predicted molar refractivity (Wildman–Crippen MR) is 98.9 cm³/mol. The van der Waals surface area contributed by atoms with Crippen molar-refractivity contribution in [1.82, 2.24) is 4.90 Å². The monoisotopic (exact) mass is 370 g/mol. The Hall–Kier alpha value is -2.92. The molecule has 0 spiro atoms. The quantitative estimate of drug-likeness (QED) is 0.816. The van der Waals surface area contributed by atoms with Crippen LogP contribution in [-0.2, 0) is 9.53 Å². The molecule has 0 amide bonds. The molecule has 0 unspecified atom stereocenters. The standard InChI is InChI=1S/C18H18N4O3S/c1-9-7-11(24-3)5-6-12(9)15-14(17(23)25-4)10(2)21-18-22(15)16(20)13(8-19)26-18/h5-7,15H,20H2,1-4H3/t15-/m1/s1. The molecule has 0 aromatic heterocycles. The summed E-state index contributed by atoms with van der Waals surface area (Å²) in [5.41, 5.74) is 8.93. The number of nitrogens with zero attached hydrogens (tertiary/aromatic N) is 3. The highest BCUT2D eigenvalue weighted by Gasteiger charge is 2.43. The Bertz CT molecular complexity index is 927. The number of hydrogen-bond acceptors (Lipinski definition) is 8. The van der Waals surface area contributed by atoms with E-state index < -0.39 is 12.0 Å². The van der Waals surface area contributed by atoms with E-state index in [1.165, 1.54) is 18.9 Å². The summed E-state index contributed by atoms with van der Waals surface area (Å²) < 4.78 is 10.3. The lowest BCUT2D eigenvalue weighted by Crippen LogP contribution is -2.39. The molecule has 1 atom stereocenters. The lowest BCUT2D eigenvalue weighted by Gasteiger charge is -2.35. The second kappa shape index (κ2) is 6.77. The van der Waals surface area contributed by atoms with E-state index in [1.54, 1.807) is 18.9 Å². The Labute approximate surface area is 155 Å². The third kappa shape index (κ3) is 2.70. The Morgan fingerprint density at radius 2 is 2.12 bits per heavy atom. The highest BCUT2D eigenvalue weighted by Crippen LogP contribution is 2.46. The first kappa shape index (κ1) is 17.9. The third-order valence-corrected chi connectivity index (χ3v) is 5.33. The zero-order chi connectivity index (χ0) is 19.0. The van der Waals surface area contributed by atoms with Crippen molar-refractivity contribution in [3.63, 3.8) is 0 Å². The molecule has 134 valence electrons. The van der Waals surface area contributed by atoms with Gasteiger partial charge in [0.2, 0.25) is 0 Å². The van der Waals surface area contributed by atoms with Crippen molar-refractivity contribution in [2.45, 2.75) is 19.9 Å². The number of fused-ring (bicyclic) bond motifs is 1. The topological polar surface area (TPSA) is 101 Å². The molecule has 2 N–H and O–H groups in total. The van der Waals surface area contributed by atoms with Gasteiger partial charge in [-0.15, -0.1) is 0 Å². The number of benzene rings is 1. The van der Waals surface area contributed by atoms with Gasteiger partial charge in [0.1, 0.15) is 22.5 Å². The number of amidine groups is 1. The number of allylic oxidation sites excluding steroid dienone is 2. The Morgan fingerprint density at radius 1 is 1.38 bits per heavy atom. The summed E-state index contributed by atoms with van der Waals surface area (Å²) in [6, 6.07) is 7.16. The zero-order valence-corrected chi connectivity index (χ0v) is 15.7. The van der Waals surface area contributed by atoms with Gasteiger partial charge in [-0.1, -0.05) is 6.07 Å². The summed E-state index contributed by atoms with van der Waals surface area (Å²) in [5.74, 6) is 0.521. The number of nitriles is 1. The molecule has 0 bridgehead atoms. The van der Waals surface area contributed by atoms with Crippen LogP contribution in [0, 0.1) is 18.3 Å². The van der Waals surface area contributed by atoms with Crippen LogP contribution in [-0.4, -0.2) is 30.3 Å². The minimum atomic E-state index is -0.529. The molecule has 1 aromatic rings. The van der Waals surface area contributed by atoms with Crippen molar-refractivity contribution in [1.29, 1.82) is 5.26 Å². The van der Waals surface area contributed by atoms with Gasteiger partial charge in [0.25, 0.3) is 0 Å². The number of methoxy groups -OCH3 is 2. The van der Waals surface area contributed by atoms with Gasteiger partial charge in [0.05, 0.1) is 31.5 Å². The van der Waals surface area contributed by atoms with Crippen LogP contribution in [0.25, 0.3) is 0 Å². The molecule has 2 aliphatic rings. The summed E-state index contributed by atoms with van der Waals surface area (Å²) in [4.78, 5) is 19.1. The summed E-state index contributed by atoms with van der Waals surface area (Å²) in [5, 5.41) is 9.91. The average Bonchev–Trinajstić information content (AvgIpc) is 2.95. The van der Waals surface area contributed by atoms with E-state index in [4.69, 9.17) is 15.2 Å². The Balaban J connectivity index is 2.23. The molecule has 0 aliphatic carbocycles. The fourth-order valence-electron chi connectivity index (χ4n) is 3.09. The normalized spacial score (nSPS) is 19.1. The minimum absolute atomic E-state index is 0.283. The van der Waals surface area contributed by atoms with Gasteiger partial charge in [-0.05, 0) is 48.9 Å². The maximum atomic E-state index is 12.5. The highest BCUT2D eigenvalue weighted by atomic mass is 32.2. The maximum absolute atomic E-state index is 12.5. The molecular formula is C18H18N4O3S. The number of thioether (sulfide) groups is 1. The second-order valence-corrected chi connectivity index (χ2v) is 6.79. The summed E-state index contributed by atoms with van der Waals surface area (Å²) >= 11 is 1.20. The van der Waals surface area contributed by atoms with Crippen LogP contribution in [0.3, 0.4) is 0 Å². The Morgan fingerprint density at radius 3 is 2.69 bits per heavy atom. The Kier molecular flexibility index (Phi) is 4.66. The number of esters is 1. The van der Waals surface area contributed by atoms with Gasteiger partial charge in [-0.25, -0.2) is 9.79 Å². The summed E-state index contributed by atoms with van der Waals surface area (Å²) in [6.45, 7) is 3.69. The molecule has 0 saturated heterocycles. The largest absolute Gasteiger partial charge is 0.497 e. The third-order valence-electron chi connectivity index (χ3n) is 4.35. The molecule has 0 saturated carbocycles. The van der Waals surface area contributed by atoms with E-state index in [0.29, 0.717) is 27.1 Å². The minimum Gasteiger partial charge on any atom is -0.497 e. The van der Waals surface area contributed by atoms with Crippen molar-refractivity contribution >= 4 is 22.9 Å². The molecule has 8 heteroatoms. The second-order valence-electron chi connectivity index (χ2n) is 5.81. The average molecular weight is 370 g/mol. The van der Waals surface area contributed by atoms with Gasteiger partial charge in [-0.3, -0.25) is 4.90 Å². The van der Waals surface area contributed by atoms with E-state index in [-0.39, 0.29) is 5.82 Å². The molecule has 2 heterocycles. The predicted octanol–water partition coefficient (Wildman–Crippen LogP) is 2.56. The first-order valence-corrected chi connectivity index (χ1v) is 8.63. The van der Waals surface area contributed by atoms with Crippen LogP contribution < -0.4 is 10.5 Å². The molecule has 26 heavy (non-hydrogen) atoms. The van der Waals surface area contributed by atoms with Gasteiger partial charge >= 0.3 is 5.97 Å². The number of aryl methyl sites for hydroxylation is 1. The lowest BCUT2D eigenvalue weighted by molar-refractivity contribution is -0.136. The van der Waals surface area contributed by atoms with Crippen LogP contribution in [0.2, 0.25) is 0 Å². The van der Waals surface area contributed by atoms with E-state index in [2.05, 4.69) is 11.1 Å². The van der Waals surface area contributed by atoms with Gasteiger partial charge in [0, 0.05) is 0 Å². The smallest absolute Gasteiger partial charge is 0.338 e. The highest BCUT2D eigenvalue weighted by molar-refractivity contribution is 8.17. The molecule has 0 radical (unpaired) electrons.